The van der Waals surface area contributed by atoms with Crippen LogP contribution in [0.3, 0.4) is 0 Å². The van der Waals surface area contributed by atoms with Crippen LogP contribution in [0.15, 0.2) is 24.9 Å². The highest BCUT2D eigenvalue weighted by atomic mass is 16.5. The summed E-state index contributed by atoms with van der Waals surface area (Å²) in [4.78, 5) is 2.12. The molecule has 0 aromatic carbocycles. The van der Waals surface area contributed by atoms with E-state index in [2.05, 4.69) is 23.6 Å². The molecule has 1 aliphatic rings. The van der Waals surface area contributed by atoms with Gasteiger partial charge in [-0.1, -0.05) is 18.7 Å². The topological polar surface area (TPSA) is 12.5 Å². The lowest BCUT2D eigenvalue weighted by molar-refractivity contribution is 0.0381. The number of hydrogen-bond acceptors (Lipinski definition) is 2. The average molecular weight is 167 g/mol. The number of hydrogen-bond donors (Lipinski definition) is 0. The van der Waals surface area contributed by atoms with Gasteiger partial charge in [0.1, 0.15) is 0 Å². The lowest BCUT2D eigenvalue weighted by atomic mass is 9.97. The summed E-state index contributed by atoms with van der Waals surface area (Å²) in [5, 5.41) is 0. The van der Waals surface area contributed by atoms with E-state index in [-0.39, 0.29) is 0 Å². The number of rotatable bonds is 3. The van der Waals surface area contributed by atoms with E-state index in [1.54, 1.807) is 7.11 Å². The van der Waals surface area contributed by atoms with Crippen LogP contribution in [0.25, 0.3) is 0 Å². The maximum Gasteiger partial charge on any atom is 0.0811 e. The van der Waals surface area contributed by atoms with E-state index < -0.39 is 0 Å². The second-order valence-electron chi connectivity index (χ2n) is 3.13. The molecular formula is C10H17NO. The summed E-state index contributed by atoms with van der Waals surface area (Å²) in [5.74, 6) is 0. The Morgan fingerprint density at radius 3 is 2.75 bits per heavy atom. The van der Waals surface area contributed by atoms with Gasteiger partial charge in [0.15, 0.2) is 0 Å². The van der Waals surface area contributed by atoms with E-state index in [9.17, 15) is 0 Å². The SMILES string of the molecule is C=CN(C)C1CC=CCC1OC. The maximum absolute atomic E-state index is 5.39. The van der Waals surface area contributed by atoms with Gasteiger partial charge < -0.3 is 9.64 Å². The summed E-state index contributed by atoms with van der Waals surface area (Å²) in [5.41, 5.74) is 0. The lowest BCUT2D eigenvalue weighted by Crippen LogP contribution is -2.40. The van der Waals surface area contributed by atoms with Crippen molar-refractivity contribution < 1.29 is 4.74 Å². The first-order valence-electron chi connectivity index (χ1n) is 4.32. The molecule has 0 aromatic heterocycles. The van der Waals surface area contributed by atoms with Crippen molar-refractivity contribution in [3.63, 3.8) is 0 Å². The smallest absolute Gasteiger partial charge is 0.0811 e. The van der Waals surface area contributed by atoms with Crippen molar-refractivity contribution in [1.82, 2.24) is 4.90 Å². The van der Waals surface area contributed by atoms with Gasteiger partial charge in [0.2, 0.25) is 0 Å². The van der Waals surface area contributed by atoms with Gasteiger partial charge in [-0.15, -0.1) is 0 Å². The molecule has 2 unspecified atom stereocenters. The summed E-state index contributed by atoms with van der Waals surface area (Å²) < 4.78 is 5.39. The highest BCUT2D eigenvalue weighted by molar-refractivity contribution is 5.00. The third-order valence-electron chi connectivity index (χ3n) is 2.46. The van der Waals surface area contributed by atoms with Crippen LogP contribution < -0.4 is 0 Å². The normalized spacial score (nSPS) is 28.5. The Morgan fingerprint density at radius 2 is 2.17 bits per heavy atom. The standard InChI is InChI=1S/C10H17NO/c1-4-11(2)9-7-5-6-8-10(9)12-3/h4-6,9-10H,1,7-8H2,2-3H3. The average Bonchev–Trinajstić information content (AvgIpc) is 2.16. The highest BCUT2D eigenvalue weighted by Crippen LogP contribution is 2.19. The van der Waals surface area contributed by atoms with Gasteiger partial charge in [-0.2, -0.15) is 0 Å². The van der Waals surface area contributed by atoms with Gasteiger partial charge in [0.25, 0.3) is 0 Å². The summed E-state index contributed by atoms with van der Waals surface area (Å²) in [7, 11) is 3.82. The van der Waals surface area contributed by atoms with Crippen LogP contribution >= 0.6 is 0 Å². The number of nitrogens with zero attached hydrogens (tertiary/aromatic N) is 1. The highest BCUT2D eigenvalue weighted by Gasteiger charge is 2.23. The molecule has 2 atom stereocenters. The molecule has 0 spiro atoms. The Morgan fingerprint density at radius 1 is 1.50 bits per heavy atom. The van der Waals surface area contributed by atoms with Crippen molar-refractivity contribution in [1.29, 1.82) is 0 Å². The number of ether oxygens (including phenoxy) is 1. The van der Waals surface area contributed by atoms with Gasteiger partial charge in [-0.25, -0.2) is 0 Å². The molecule has 0 aliphatic heterocycles. The molecular weight excluding hydrogens is 150 g/mol. The predicted molar refractivity (Wildman–Crippen MR) is 50.9 cm³/mol. The predicted octanol–water partition coefficient (Wildman–Crippen LogP) is 1.80. The van der Waals surface area contributed by atoms with Gasteiger partial charge in [-0.05, 0) is 19.0 Å². The Hall–Kier alpha value is -0.760. The Bertz CT molecular complexity index is 177. The summed E-state index contributed by atoms with van der Waals surface area (Å²) in [6, 6.07) is 0.456. The first kappa shape index (κ1) is 9.33. The number of likely N-dealkylation sites (N-methyl/N-ethyl adjacent to an activating group) is 1. The van der Waals surface area contributed by atoms with Gasteiger partial charge in [-0.3, -0.25) is 0 Å². The molecule has 2 heteroatoms. The molecule has 0 amide bonds. The third-order valence-corrected chi connectivity index (χ3v) is 2.46. The van der Waals surface area contributed by atoms with Gasteiger partial charge in [0.05, 0.1) is 12.1 Å². The van der Waals surface area contributed by atoms with Crippen LogP contribution in [0.4, 0.5) is 0 Å². The molecule has 1 aliphatic carbocycles. The van der Waals surface area contributed by atoms with Crippen molar-refractivity contribution in [2.24, 2.45) is 0 Å². The largest absolute Gasteiger partial charge is 0.379 e. The lowest BCUT2D eigenvalue weighted by Gasteiger charge is -2.33. The fraction of sp³-hybridized carbons (Fsp3) is 0.600. The van der Waals surface area contributed by atoms with Crippen LogP contribution in [0.2, 0.25) is 0 Å². The molecule has 0 N–H and O–H groups in total. The van der Waals surface area contributed by atoms with Crippen molar-refractivity contribution in [2.75, 3.05) is 14.2 Å². The Labute approximate surface area is 74.5 Å². The van der Waals surface area contributed by atoms with E-state index in [1.165, 1.54) is 0 Å². The molecule has 0 saturated carbocycles. The van der Waals surface area contributed by atoms with Crippen LogP contribution in [0.1, 0.15) is 12.8 Å². The molecule has 12 heavy (non-hydrogen) atoms. The van der Waals surface area contributed by atoms with E-state index in [4.69, 9.17) is 4.74 Å². The second-order valence-corrected chi connectivity index (χ2v) is 3.13. The minimum absolute atomic E-state index is 0.318. The summed E-state index contributed by atoms with van der Waals surface area (Å²) in [6.07, 6.45) is 8.64. The molecule has 68 valence electrons. The minimum Gasteiger partial charge on any atom is -0.379 e. The Balaban J connectivity index is 2.60. The van der Waals surface area contributed by atoms with Crippen LogP contribution in [0, 0.1) is 0 Å². The summed E-state index contributed by atoms with van der Waals surface area (Å²) in [6.45, 7) is 3.75. The molecule has 0 heterocycles. The van der Waals surface area contributed by atoms with E-state index >= 15 is 0 Å². The van der Waals surface area contributed by atoms with Gasteiger partial charge >= 0.3 is 0 Å². The van der Waals surface area contributed by atoms with E-state index in [0.717, 1.165) is 12.8 Å². The quantitative estimate of drug-likeness (QED) is 0.594. The van der Waals surface area contributed by atoms with Crippen LogP contribution in [-0.4, -0.2) is 31.2 Å². The number of methoxy groups -OCH3 is 1. The molecule has 2 nitrogen and oxygen atoms in total. The zero-order valence-corrected chi connectivity index (χ0v) is 7.86. The zero-order valence-electron chi connectivity index (χ0n) is 7.86. The Kier molecular flexibility index (Phi) is 3.35. The van der Waals surface area contributed by atoms with E-state index in [0.29, 0.717) is 12.1 Å². The first-order chi connectivity index (χ1) is 5.79. The molecule has 0 fully saturated rings. The van der Waals surface area contributed by atoms with Crippen molar-refractivity contribution in [3.8, 4) is 0 Å². The first-order valence-corrected chi connectivity index (χ1v) is 4.32. The van der Waals surface area contributed by atoms with Gasteiger partial charge in [0, 0.05) is 14.2 Å². The fourth-order valence-corrected chi connectivity index (χ4v) is 1.59. The third kappa shape index (κ3) is 1.89. The van der Waals surface area contributed by atoms with Crippen LogP contribution in [-0.2, 0) is 4.74 Å². The summed E-state index contributed by atoms with van der Waals surface area (Å²) >= 11 is 0. The fourth-order valence-electron chi connectivity index (χ4n) is 1.59. The molecule has 0 radical (unpaired) electrons. The monoisotopic (exact) mass is 167 g/mol. The van der Waals surface area contributed by atoms with Crippen molar-refractivity contribution >= 4 is 0 Å². The minimum atomic E-state index is 0.318. The molecule has 1 rings (SSSR count). The molecule has 0 saturated heterocycles. The molecule has 0 aromatic rings. The van der Waals surface area contributed by atoms with E-state index in [1.807, 2.05) is 13.2 Å². The second kappa shape index (κ2) is 4.31. The van der Waals surface area contributed by atoms with Crippen LogP contribution in [0.5, 0.6) is 0 Å². The van der Waals surface area contributed by atoms with Crippen molar-refractivity contribution in [2.45, 2.75) is 25.0 Å². The zero-order chi connectivity index (χ0) is 8.97. The molecule has 0 bridgehead atoms. The van der Waals surface area contributed by atoms with Crippen molar-refractivity contribution in [3.05, 3.63) is 24.9 Å². The maximum atomic E-state index is 5.39.